The molecule has 0 fully saturated rings. The van der Waals surface area contributed by atoms with Gasteiger partial charge in [-0.1, -0.05) is 65.8 Å². The van der Waals surface area contributed by atoms with E-state index in [1.54, 1.807) is 0 Å². The van der Waals surface area contributed by atoms with Gasteiger partial charge in [0.2, 0.25) is 0 Å². The van der Waals surface area contributed by atoms with E-state index in [0.29, 0.717) is 10.8 Å². The molecule has 0 aromatic heterocycles. The van der Waals surface area contributed by atoms with Crippen molar-refractivity contribution in [2.24, 2.45) is 10.8 Å². The van der Waals surface area contributed by atoms with E-state index in [0.717, 1.165) is 12.8 Å². The first kappa shape index (κ1) is 13.3. The monoisotopic (exact) mass is 218 g/mol. The lowest BCUT2D eigenvalue weighted by Gasteiger charge is -2.39. The van der Waals surface area contributed by atoms with Crippen LogP contribution in [0.4, 0.5) is 0 Å². The maximum Gasteiger partial charge on any atom is -0.0222 e. The Morgan fingerprint density at radius 1 is 0.938 bits per heavy atom. The molecule has 0 atom stereocenters. The minimum absolute atomic E-state index is 0.333. The first-order valence-electron chi connectivity index (χ1n) is 6.34. The van der Waals surface area contributed by atoms with Crippen molar-refractivity contribution in [1.29, 1.82) is 0 Å². The second kappa shape index (κ2) is 4.61. The molecule has 0 heterocycles. The van der Waals surface area contributed by atoms with Crippen molar-refractivity contribution >= 4 is 0 Å². The van der Waals surface area contributed by atoms with Gasteiger partial charge >= 0.3 is 0 Å². The van der Waals surface area contributed by atoms with E-state index in [1.165, 1.54) is 11.1 Å². The average molecular weight is 218 g/mol. The van der Waals surface area contributed by atoms with Crippen molar-refractivity contribution in [3.63, 3.8) is 0 Å². The molecule has 0 aliphatic heterocycles. The highest BCUT2D eigenvalue weighted by atomic mass is 14.4. The molecule has 90 valence electrons. The summed E-state index contributed by atoms with van der Waals surface area (Å²) in [5, 5.41) is 0. The summed E-state index contributed by atoms with van der Waals surface area (Å²) < 4.78 is 0. The zero-order valence-electron chi connectivity index (χ0n) is 11.7. The van der Waals surface area contributed by atoms with Crippen molar-refractivity contribution in [2.45, 2.75) is 54.4 Å². The fourth-order valence-electron chi connectivity index (χ4n) is 1.74. The predicted molar refractivity (Wildman–Crippen MR) is 72.8 cm³/mol. The van der Waals surface area contributed by atoms with E-state index in [4.69, 9.17) is 0 Å². The highest BCUT2D eigenvalue weighted by Gasteiger charge is 2.32. The third kappa shape index (κ3) is 3.10. The Kier molecular flexibility index (Phi) is 3.83. The first-order chi connectivity index (χ1) is 7.26. The second-order valence-corrected chi connectivity index (χ2v) is 6.48. The van der Waals surface area contributed by atoms with Crippen molar-refractivity contribution in [3.8, 4) is 0 Å². The van der Waals surface area contributed by atoms with Gasteiger partial charge < -0.3 is 0 Å². The minimum Gasteiger partial charge on any atom is -0.0617 e. The number of hydrogen-bond donors (Lipinski definition) is 0. The van der Waals surface area contributed by atoms with E-state index in [1.807, 2.05) is 0 Å². The lowest BCUT2D eigenvalue weighted by atomic mass is 9.66. The molecule has 0 heteroatoms. The van der Waals surface area contributed by atoms with E-state index in [-0.39, 0.29) is 0 Å². The van der Waals surface area contributed by atoms with Crippen molar-refractivity contribution in [3.05, 3.63) is 35.4 Å². The maximum atomic E-state index is 2.37. The molecule has 0 nitrogen and oxygen atoms in total. The topological polar surface area (TPSA) is 0 Å². The molecule has 1 rings (SSSR count). The van der Waals surface area contributed by atoms with E-state index >= 15 is 0 Å². The summed E-state index contributed by atoms with van der Waals surface area (Å²) in [4.78, 5) is 0. The largest absolute Gasteiger partial charge is 0.0617 e. The van der Waals surface area contributed by atoms with Gasteiger partial charge in [-0.05, 0) is 34.8 Å². The Morgan fingerprint density at radius 2 is 1.50 bits per heavy atom. The maximum absolute atomic E-state index is 2.37. The van der Waals surface area contributed by atoms with Crippen LogP contribution >= 0.6 is 0 Å². The molecule has 0 N–H and O–H groups in total. The molecule has 0 bridgehead atoms. The summed E-state index contributed by atoms with van der Waals surface area (Å²) >= 11 is 0. The Bertz CT molecular complexity index is 339. The summed E-state index contributed by atoms with van der Waals surface area (Å²) in [5.74, 6) is 0. The molecule has 1 aromatic rings. The SMILES string of the molecule is CCc1cccc(CC(C)(C)C(C)(C)C)c1. The van der Waals surface area contributed by atoms with Crippen molar-refractivity contribution < 1.29 is 0 Å². The molecular formula is C16H26. The van der Waals surface area contributed by atoms with Gasteiger partial charge in [0.05, 0.1) is 0 Å². The van der Waals surface area contributed by atoms with E-state index < -0.39 is 0 Å². The lowest BCUT2D eigenvalue weighted by Crippen LogP contribution is -2.31. The van der Waals surface area contributed by atoms with Gasteiger partial charge in [-0.15, -0.1) is 0 Å². The number of aryl methyl sites for hydroxylation is 1. The molecule has 1 aromatic carbocycles. The third-order valence-corrected chi connectivity index (χ3v) is 4.08. The Hall–Kier alpha value is -0.780. The van der Waals surface area contributed by atoms with Crippen LogP contribution in [0.2, 0.25) is 0 Å². The summed E-state index contributed by atoms with van der Waals surface area (Å²) in [6.07, 6.45) is 2.29. The molecule has 0 aliphatic rings. The summed E-state index contributed by atoms with van der Waals surface area (Å²) in [7, 11) is 0. The lowest BCUT2D eigenvalue weighted by molar-refractivity contribution is 0.132. The van der Waals surface area contributed by atoms with Gasteiger partial charge in [0.1, 0.15) is 0 Å². The normalized spacial score (nSPS) is 12.9. The van der Waals surface area contributed by atoms with Crippen LogP contribution in [0, 0.1) is 10.8 Å². The van der Waals surface area contributed by atoms with E-state index in [9.17, 15) is 0 Å². The van der Waals surface area contributed by atoms with Gasteiger partial charge in [0.15, 0.2) is 0 Å². The fourth-order valence-corrected chi connectivity index (χ4v) is 1.74. The Morgan fingerprint density at radius 3 is 2.00 bits per heavy atom. The standard InChI is InChI=1S/C16H26/c1-7-13-9-8-10-14(11-13)12-16(5,6)15(2,3)4/h8-11H,7,12H2,1-6H3. The highest BCUT2D eigenvalue weighted by Crippen LogP contribution is 2.40. The molecule has 0 unspecified atom stereocenters. The van der Waals surface area contributed by atoms with Crippen LogP contribution in [-0.4, -0.2) is 0 Å². The van der Waals surface area contributed by atoms with Crippen molar-refractivity contribution in [1.82, 2.24) is 0 Å². The Labute approximate surface area is 101 Å². The average Bonchev–Trinajstić information content (AvgIpc) is 2.15. The summed E-state index contributed by atoms with van der Waals surface area (Å²) in [6.45, 7) is 13.9. The van der Waals surface area contributed by atoms with Gasteiger partial charge in [-0.3, -0.25) is 0 Å². The van der Waals surface area contributed by atoms with Crippen LogP contribution in [0.1, 0.15) is 52.7 Å². The van der Waals surface area contributed by atoms with Crippen LogP contribution in [0.25, 0.3) is 0 Å². The third-order valence-electron chi connectivity index (χ3n) is 4.08. The molecule has 0 aliphatic carbocycles. The predicted octanol–water partition coefficient (Wildman–Crippen LogP) is 4.86. The van der Waals surface area contributed by atoms with Crippen LogP contribution in [0.3, 0.4) is 0 Å². The quantitative estimate of drug-likeness (QED) is 0.679. The first-order valence-corrected chi connectivity index (χ1v) is 6.34. The van der Waals surface area contributed by atoms with Crippen LogP contribution < -0.4 is 0 Å². The molecule has 0 saturated carbocycles. The molecule has 0 amide bonds. The number of hydrogen-bond acceptors (Lipinski definition) is 0. The molecule has 0 radical (unpaired) electrons. The molecular weight excluding hydrogens is 192 g/mol. The van der Waals surface area contributed by atoms with Gasteiger partial charge in [0.25, 0.3) is 0 Å². The fraction of sp³-hybridized carbons (Fsp3) is 0.625. The van der Waals surface area contributed by atoms with Gasteiger partial charge in [0, 0.05) is 0 Å². The van der Waals surface area contributed by atoms with Gasteiger partial charge in [-0.2, -0.15) is 0 Å². The van der Waals surface area contributed by atoms with Crippen molar-refractivity contribution in [2.75, 3.05) is 0 Å². The van der Waals surface area contributed by atoms with Gasteiger partial charge in [-0.25, -0.2) is 0 Å². The van der Waals surface area contributed by atoms with Crippen LogP contribution in [0.15, 0.2) is 24.3 Å². The minimum atomic E-state index is 0.333. The summed E-state index contributed by atoms with van der Waals surface area (Å²) in [6, 6.07) is 9.01. The highest BCUT2D eigenvalue weighted by molar-refractivity contribution is 5.24. The smallest absolute Gasteiger partial charge is 0.0222 e. The zero-order chi connectivity index (χ0) is 12.4. The molecule has 0 saturated heterocycles. The number of benzene rings is 1. The summed E-state index contributed by atoms with van der Waals surface area (Å²) in [5.41, 5.74) is 3.59. The van der Waals surface area contributed by atoms with Crippen LogP contribution in [0.5, 0.6) is 0 Å². The second-order valence-electron chi connectivity index (χ2n) is 6.48. The Balaban J connectivity index is 2.88. The van der Waals surface area contributed by atoms with Crippen LogP contribution in [-0.2, 0) is 12.8 Å². The van der Waals surface area contributed by atoms with E-state index in [2.05, 4.69) is 65.8 Å². The zero-order valence-corrected chi connectivity index (χ0v) is 11.7. The molecule has 16 heavy (non-hydrogen) atoms. The molecule has 0 spiro atoms. The number of rotatable bonds is 3.